The van der Waals surface area contributed by atoms with E-state index in [9.17, 15) is 9.59 Å². The second-order valence-corrected chi connectivity index (χ2v) is 2.82. The molecular weight excluding hydrogens is 146 g/mol. The van der Waals surface area contributed by atoms with E-state index >= 15 is 0 Å². The van der Waals surface area contributed by atoms with E-state index in [0.29, 0.717) is 18.4 Å². The SMILES string of the molecule is O=C(O)C1=CN2C(=O)C[C@H]2C1. The molecular formula is C7H7NO3. The van der Waals surface area contributed by atoms with Gasteiger partial charge < -0.3 is 10.0 Å². The summed E-state index contributed by atoms with van der Waals surface area (Å²) in [4.78, 5) is 22.7. The molecule has 0 aromatic carbocycles. The van der Waals surface area contributed by atoms with Crippen molar-refractivity contribution in [3.05, 3.63) is 11.8 Å². The number of hydrogen-bond donors (Lipinski definition) is 1. The summed E-state index contributed by atoms with van der Waals surface area (Å²) in [6.45, 7) is 0. The van der Waals surface area contributed by atoms with Crippen LogP contribution in [0, 0.1) is 0 Å². The molecule has 0 spiro atoms. The molecule has 4 heteroatoms. The van der Waals surface area contributed by atoms with Crippen molar-refractivity contribution in [2.45, 2.75) is 18.9 Å². The van der Waals surface area contributed by atoms with Gasteiger partial charge in [0.25, 0.3) is 0 Å². The number of carboxylic acid groups (broad SMARTS) is 1. The first kappa shape index (κ1) is 6.39. The summed E-state index contributed by atoms with van der Waals surface area (Å²) in [5.74, 6) is -0.876. The lowest BCUT2D eigenvalue weighted by Crippen LogP contribution is -2.45. The third kappa shape index (κ3) is 0.753. The Bertz CT molecular complexity index is 269. The third-order valence-corrected chi connectivity index (χ3v) is 2.12. The van der Waals surface area contributed by atoms with E-state index < -0.39 is 5.97 Å². The molecule has 1 amide bonds. The maximum absolute atomic E-state index is 10.8. The Labute approximate surface area is 63.1 Å². The summed E-state index contributed by atoms with van der Waals surface area (Å²) >= 11 is 0. The van der Waals surface area contributed by atoms with Gasteiger partial charge in [0.15, 0.2) is 0 Å². The normalized spacial score (nSPS) is 27.6. The number of rotatable bonds is 1. The van der Waals surface area contributed by atoms with E-state index in [0.717, 1.165) is 0 Å². The number of β-lactam (4-membered cyclic amide) rings is 1. The van der Waals surface area contributed by atoms with E-state index in [1.165, 1.54) is 11.1 Å². The van der Waals surface area contributed by atoms with Gasteiger partial charge in [0.2, 0.25) is 5.91 Å². The Morgan fingerprint density at radius 1 is 1.64 bits per heavy atom. The first-order valence-electron chi connectivity index (χ1n) is 3.43. The van der Waals surface area contributed by atoms with Crippen LogP contribution in [-0.4, -0.2) is 27.9 Å². The highest BCUT2D eigenvalue weighted by atomic mass is 16.4. The van der Waals surface area contributed by atoms with E-state index in [1.807, 2.05) is 0 Å². The van der Waals surface area contributed by atoms with Crippen LogP contribution in [0.4, 0.5) is 0 Å². The molecule has 58 valence electrons. The summed E-state index contributed by atoms with van der Waals surface area (Å²) in [6.07, 6.45) is 2.47. The van der Waals surface area contributed by atoms with Crippen molar-refractivity contribution >= 4 is 11.9 Å². The lowest BCUT2D eigenvalue weighted by Gasteiger charge is -2.32. The molecule has 2 rings (SSSR count). The summed E-state index contributed by atoms with van der Waals surface area (Å²) < 4.78 is 0. The van der Waals surface area contributed by atoms with Crippen molar-refractivity contribution in [2.75, 3.05) is 0 Å². The van der Waals surface area contributed by atoms with Crippen LogP contribution in [-0.2, 0) is 9.59 Å². The number of nitrogens with zero attached hydrogens (tertiary/aromatic N) is 1. The van der Waals surface area contributed by atoms with Gasteiger partial charge in [-0.3, -0.25) is 4.79 Å². The number of carbonyl (C=O) groups excluding carboxylic acids is 1. The minimum absolute atomic E-state index is 0.0336. The lowest BCUT2D eigenvalue weighted by atomic mass is 10.0. The van der Waals surface area contributed by atoms with Crippen LogP contribution < -0.4 is 0 Å². The summed E-state index contributed by atoms with van der Waals surface area (Å²) in [6, 6.07) is 0.147. The Hall–Kier alpha value is -1.32. The molecule has 0 aliphatic carbocycles. The maximum atomic E-state index is 10.8. The molecule has 2 heterocycles. The molecule has 0 bridgehead atoms. The van der Waals surface area contributed by atoms with Gasteiger partial charge in [-0.05, 0) is 0 Å². The van der Waals surface area contributed by atoms with E-state index in [1.54, 1.807) is 0 Å². The number of aliphatic carboxylic acids is 1. The van der Waals surface area contributed by atoms with Gasteiger partial charge in [0.05, 0.1) is 5.57 Å². The van der Waals surface area contributed by atoms with Gasteiger partial charge in [-0.2, -0.15) is 0 Å². The molecule has 11 heavy (non-hydrogen) atoms. The molecule has 0 radical (unpaired) electrons. The lowest BCUT2D eigenvalue weighted by molar-refractivity contribution is -0.140. The minimum Gasteiger partial charge on any atom is -0.478 e. The Balaban J connectivity index is 2.18. The average molecular weight is 153 g/mol. The fourth-order valence-electron chi connectivity index (χ4n) is 1.46. The first-order chi connectivity index (χ1) is 5.18. The van der Waals surface area contributed by atoms with Gasteiger partial charge in [-0.25, -0.2) is 4.79 Å². The molecule has 0 aromatic rings. The standard InChI is InChI=1S/C7H7NO3/c9-6-2-5-1-4(7(10)11)3-8(5)6/h3,5H,1-2H2,(H,10,11)/t5-/m1/s1. The molecule has 2 aliphatic rings. The zero-order valence-corrected chi connectivity index (χ0v) is 5.78. The zero-order valence-electron chi connectivity index (χ0n) is 5.78. The molecule has 4 nitrogen and oxygen atoms in total. The Morgan fingerprint density at radius 2 is 2.36 bits per heavy atom. The Morgan fingerprint density at radius 3 is 2.82 bits per heavy atom. The van der Waals surface area contributed by atoms with Crippen molar-refractivity contribution in [3.63, 3.8) is 0 Å². The molecule has 1 fully saturated rings. The number of amides is 1. The average Bonchev–Trinajstić information content (AvgIpc) is 2.26. The second kappa shape index (κ2) is 1.84. The summed E-state index contributed by atoms with van der Waals surface area (Å²) in [5.41, 5.74) is 0.348. The minimum atomic E-state index is -0.910. The highest BCUT2D eigenvalue weighted by Crippen LogP contribution is 2.32. The number of carboxylic acids is 1. The molecule has 0 saturated carbocycles. The van der Waals surface area contributed by atoms with Gasteiger partial charge in [-0.1, -0.05) is 0 Å². The van der Waals surface area contributed by atoms with E-state index in [2.05, 4.69) is 0 Å². The summed E-state index contributed by atoms with van der Waals surface area (Å²) in [5, 5.41) is 8.56. The molecule has 0 unspecified atom stereocenters. The highest BCUT2D eigenvalue weighted by molar-refractivity contribution is 5.92. The number of fused-ring (bicyclic) bond motifs is 1. The molecule has 0 aromatic heterocycles. The largest absolute Gasteiger partial charge is 0.478 e. The first-order valence-corrected chi connectivity index (χ1v) is 3.43. The molecule has 1 N–H and O–H groups in total. The molecule has 1 atom stereocenters. The highest BCUT2D eigenvalue weighted by Gasteiger charge is 2.41. The van der Waals surface area contributed by atoms with Crippen LogP contribution in [0.1, 0.15) is 12.8 Å². The fourth-order valence-corrected chi connectivity index (χ4v) is 1.46. The van der Waals surface area contributed by atoms with Gasteiger partial charge in [-0.15, -0.1) is 0 Å². The predicted molar refractivity (Wildman–Crippen MR) is 35.6 cm³/mol. The van der Waals surface area contributed by atoms with Gasteiger partial charge in [0, 0.05) is 25.1 Å². The van der Waals surface area contributed by atoms with Crippen LogP contribution in [0.3, 0.4) is 0 Å². The van der Waals surface area contributed by atoms with E-state index in [4.69, 9.17) is 5.11 Å². The molecule has 1 saturated heterocycles. The Kier molecular flexibility index (Phi) is 1.07. The fraction of sp³-hybridized carbons (Fsp3) is 0.429. The van der Waals surface area contributed by atoms with Crippen LogP contribution in [0.15, 0.2) is 11.8 Å². The summed E-state index contributed by atoms with van der Waals surface area (Å²) in [7, 11) is 0. The monoisotopic (exact) mass is 153 g/mol. The van der Waals surface area contributed by atoms with Gasteiger partial charge >= 0.3 is 5.97 Å². The molecule has 2 aliphatic heterocycles. The van der Waals surface area contributed by atoms with Crippen LogP contribution in [0.5, 0.6) is 0 Å². The second-order valence-electron chi connectivity index (χ2n) is 2.82. The smallest absolute Gasteiger partial charge is 0.333 e. The van der Waals surface area contributed by atoms with Gasteiger partial charge in [0.1, 0.15) is 0 Å². The van der Waals surface area contributed by atoms with Crippen molar-refractivity contribution in [1.82, 2.24) is 4.90 Å². The zero-order chi connectivity index (χ0) is 8.01. The van der Waals surface area contributed by atoms with Crippen LogP contribution in [0.2, 0.25) is 0 Å². The number of carbonyl (C=O) groups is 2. The maximum Gasteiger partial charge on any atom is 0.333 e. The van der Waals surface area contributed by atoms with Crippen LogP contribution >= 0.6 is 0 Å². The van der Waals surface area contributed by atoms with E-state index in [-0.39, 0.29) is 11.9 Å². The predicted octanol–water partition coefficient (Wildman–Crippen LogP) is -0.0405. The quantitative estimate of drug-likeness (QED) is 0.538. The number of hydrogen-bond acceptors (Lipinski definition) is 2. The van der Waals surface area contributed by atoms with Crippen molar-refractivity contribution in [1.29, 1.82) is 0 Å². The van der Waals surface area contributed by atoms with Crippen LogP contribution in [0.25, 0.3) is 0 Å². The third-order valence-electron chi connectivity index (χ3n) is 2.12. The van der Waals surface area contributed by atoms with Crippen molar-refractivity contribution in [3.8, 4) is 0 Å². The topological polar surface area (TPSA) is 57.6 Å². The van der Waals surface area contributed by atoms with Crippen molar-refractivity contribution in [2.24, 2.45) is 0 Å². The van der Waals surface area contributed by atoms with Crippen molar-refractivity contribution < 1.29 is 14.7 Å².